The first-order valence-corrected chi connectivity index (χ1v) is 7.31. The Morgan fingerprint density at radius 3 is 2.68 bits per heavy atom. The molecule has 0 fully saturated rings. The molecule has 2 heterocycles. The van der Waals surface area contributed by atoms with Crippen LogP contribution >= 0.6 is 23.1 Å². The van der Waals surface area contributed by atoms with Gasteiger partial charge in [0.25, 0.3) is 0 Å². The SMILES string of the molecule is CC(C)Sc1ccc(-c2ccc(=O)oc2C(=O)O)s1. The van der Waals surface area contributed by atoms with E-state index in [0.717, 1.165) is 9.09 Å². The minimum atomic E-state index is -1.24. The Morgan fingerprint density at radius 2 is 2.05 bits per heavy atom. The molecule has 0 unspecified atom stereocenters. The summed E-state index contributed by atoms with van der Waals surface area (Å²) in [5, 5.41) is 9.53. The molecule has 0 aliphatic carbocycles. The summed E-state index contributed by atoms with van der Waals surface area (Å²) >= 11 is 3.20. The quantitative estimate of drug-likeness (QED) is 0.874. The summed E-state index contributed by atoms with van der Waals surface area (Å²) in [5.41, 5.74) is -0.220. The van der Waals surface area contributed by atoms with E-state index in [1.54, 1.807) is 11.8 Å². The van der Waals surface area contributed by atoms with E-state index in [4.69, 9.17) is 9.52 Å². The van der Waals surface area contributed by atoms with Gasteiger partial charge in [-0.15, -0.1) is 23.1 Å². The van der Waals surface area contributed by atoms with Crippen LogP contribution in [0.3, 0.4) is 0 Å². The molecule has 0 bridgehead atoms. The van der Waals surface area contributed by atoms with Crippen LogP contribution in [0.5, 0.6) is 0 Å². The summed E-state index contributed by atoms with van der Waals surface area (Å²) in [5.74, 6) is -1.55. The van der Waals surface area contributed by atoms with Crippen molar-refractivity contribution in [1.29, 1.82) is 0 Å². The van der Waals surface area contributed by atoms with E-state index in [-0.39, 0.29) is 5.76 Å². The van der Waals surface area contributed by atoms with E-state index in [1.165, 1.54) is 23.5 Å². The van der Waals surface area contributed by atoms with Crippen molar-refractivity contribution in [2.75, 3.05) is 0 Å². The highest BCUT2D eigenvalue weighted by Gasteiger charge is 2.17. The number of carboxylic acid groups (broad SMARTS) is 1. The highest BCUT2D eigenvalue weighted by Crippen LogP contribution is 2.36. The molecule has 0 aliphatic rings. The number of carbonyl (C=O) groups is 1. The summed E-state index contributed by atoms with van der Waals surface area (Å²) in [6.07, 6.45) is 0. The van der Waals surface area contributed by atoms with Crippen LogP contribution in [-0.2, 0) is 0 Å². The van der Waals surface area contributed by atoms with Gasteiger partial charge in [0.15, 0.2) is 0 Å². The molecule has 0 spiro atoms. The van der Waals surface area contributed by atoms with Crippen LogP contribution in [0.25, 0.3) is 10.4 Å². The Kier molecular flexibility index (Phi) is 4.11. The van der Waals surface area contributed by atoms with Gasteiger partial charge < -0.3 is 9.52 Å². The van der Waals surface area contributed by atoms with Crippen molar-refractivity contribution in [1.82, 2.24) is 0 Å². The molecule has 0 saturated carbocycles. The van der Waals surface area contributed by atoms with Crippen LogP contribution in [0.1, 0.15) is 24.4 Å². The molecule has 0 aromatic carbocycles. The molecular weight excluding hydrogens is 284 g/mol. The van der Waals surface area contributed by atoms with Gasteiger partial charge in [0.1, 0.15) is 0 Å². The molecule has 2 aromatic heterocycles. The maximum absolute atomic E-state index is 11.1. The molecule has 0 saturated heterocycles. The van der Waals surface area contributed by atoms with E-state index in [1.807, 2.05) is 12.1 Å². The van der Waals surface area contributed by atoms with Crippen LogP contribution in [0, 0.1) is 0 Å². The summed E-state index contributed by atoms with van der Waals surface area (Å²) in [6, 6.07) is 6.51. The number of rotatable bonds is 4. The fourth-order valence-corrected chi connectivity index (χ4v) is 3.94. The number of thiophene rings is 1. The van der Waals surface area contributed by atoms with E-state index in [9.17, 15) is 9.59 Å². The van der Waals surface area contributed by atoms with E-state index in [2.05, 4.69) is 13.8 Å². The average Bonchev–Trinajstić information content (AvgIpc) is 2.76. The molecule has 2 rings (SSSR count). The van der Waals surface area contributed by atoms with Crippen molar-refractivity contribution in [3.8, 4) is 10.4 Å². The number of thioether (sulfide) groups is 1. The van der Waals surface area contributed by atoms with Gasteiger partial charge in [0.2, 0.25) is 5.76 Å². The van der Waals surface area contributed by atoms with Crippen LogP contribution in [0.2, 0.25) is 0 Å². The smallest absolute Gasteiger partial charge is 0.372 e. The number of aromatic carboxylic acids is 1. The molecule has 19 heavy (non-hydrogen) atoms. The number of hydrogen-bond donors (Lipinski definition) is 1. The second kappa shape index (κ2) is 5.63. The fraction of sp³-hybridized carbons (Fsp3) is 0.231. The monoisotopic (exact) mass is 296 g/mol. The maximum Gasteiger partial charge on any atom is 0.372 e. The minimum absolute atomic E-state index is 0.310. The lowest BCUT2D eigenvalue weighted by molar-refractivity contribution is 0.0658. The molecule has 0 aliphatic heterocycles. The zero-order valence-electron chi connectivity index (χ0n) is 10.4. The van der Waals surface area contributed by atoms with E-state index < -0.39 is 11.6 Å². The first kappa shape index (κ1) is 13.9. The summed E-state index contributed by atoms with van der Waals surface area (Å²) in [6.45, 7) is 4.18. The van der Waals surface area contributed by atoms with Gasteiger partial charge >= 0.3 is 11.6 Å². The Balaban J connectivity index is 2.44. The Morgan fingerprint density at radius 1 is 1.32 bits per heavy atom. The lowest BCUT2D eigenvalue weighted by Crippen LogP contribution is -2.06. The zero-order chi connectivity index (χ0) is 14.0. The lowest BCUT2D eigenvalue weighted by Gasteiger charge is -2.02. The topological polar surface area (TPSA) is 67.5 Å². The third kappa shape index (κ3) is 3.27. The van der Waals surface area contributed by atoms with Crippen LogP contribution in [0.15, 0.2) is 37.7 Å². The van der Waals surface area contributed by atoms with Crippen molar-refractivity contribution in [3.63, 3.8) is 0 Å². The highest BCUT2D eigenvalue weighted by atomic mass is 32.2. The van der Waals surface area contributed by atoms with Crippen molar-refractivity contribution in [2.45, 2.75) is 23.3 Å². The summed E-state index contributed by atoms with van der Waals surface area (Å²) in [4.78, 5) is 23.0. The Bertz CT molecular complexity index is 655. The van der Waals surface area contributed by atoms with Crippen molar-refractivity contribution in [2.24, 2.45) is 0 Å². The second-order valence-corrected chi connectivity index (χ2v) is 7.05. The number of hydrogen-bond acceptors (Lipinski definition) is 5. The maximum atomic E-state index is 11.1. The van der Waals surface area contributed by atoms with Gasteiger partial charge in [0.05, 0.1) is 4.21 Å². The lowest BCUT2D eigenvalue weighted by atomic mass is 10.2. The highest BCUT2D eigenvalue weighted by molar-refractivity contribution is 8.01. The molecule has 2 aromatic rings. The Hall–Kier alpha value is -1.53. The van der Waals surface area contributed by atoms with E-state index >= 15 is 0 Å². The molecule has 100 valence electrons. The van der Waals surface area contributed by atoms with Gasteiger partial charge in [-0.2, -0.15) is 0 Å². The molecule has 6 heteroatoms. The largest absolute Gasteiger partial charge is 0.475 e. The third-order valence-corrected chi connectivity index (χ3v) is 4.52. The van der Waals surface area contributed by atoms with Gasteiger partial charge in [-0.1, -0.05) is 13.8 Å². The molecule has 1 N–H and O–H groups in total. The predicted molar refractivity (Wildman–Crippen MR) is 76.2 cm³/mol. The third-order valence-electron chi connectivity index (χ3n) is 2.23. The van der Waals surface area contributed by atoms with Crippen LogP contribution in [0.4, 0.5) is 0 Å². The van der Waals surface area contributed by atoms with Crippen LogP contribution < -0.4 is 5.63 Å². The normalized spacial score (nSPS) is 10.9. The van der Waals surface area contributed by atoms with Crippen LogP contribution in [-0.4, -0.2) is 16.3 Å². The van der Waals surface area contributed by atoms with Gasteiger partial charge in [0, 0.05) is 21.8 Å². The zero-order valence-corrected chi connectivity index (χ0v) is 12.0. The fourth-order valence-electron chi connectivity index (χ4n) is 1.53. The summed E-state index contributed by atoms with van der Waals surface area (Å²) < 4.78 is 5.86. The van der Waals surface area contributed by atoms with Gasteiger partial charge in [-0.3, -0.25) is 0 Å². The van der Waals surface area contributed by atoms with Crippen molar-refractivity contribution in [3.05, 3.63) is 40.4 Å². The van der Waals surface area contributed by atoms with Gasteiger partial charge in [-0.05, 0) is 18.2 Å². The average molecular weight is 296 g/mol. The minimum Gasteiger partial charge on any atom is -0.475 e. The molecular formula is C13H12O4S2. The number of carboxylic acids is 1. The van der Waals surface area contributed by atoms with Crippen molar-refractivity contribution >= 4 is 29.1 Å². The van der Waals surface area contributed by atoms with Gasteiger partial charge in [-0.25, -0.2) is 9.59 Å². The predicted octanol–water partition coefficient (Wildman–Crippen LogP) is 3.57. The molecule has 4 nitrogen and oxygen atoms in total. The van der Waals surface area contributed by atoms with E-state index in [0.29, 0.717) is 10.8 Å². The molecule has 0 atom stereocenters. The molecule has 0 amide bonds. The second-order valence-electron chi connectivity index (χ2n) is 4.09. The first-order valence-electron chi connectivity index (χ1n) is 5.61. The molecule has 0 radical (unpaired) electrons. The standard InChI is InChI=1S/C13H12O4S2/c1-7(2)18-11-6-4-9(19-11)8-3-5-10(14)17-12(8)13(15)16/h3-7H,1-2H3,(H,15,16). The Labute approximate surface area is 118 Å². The summed E-state index contributed by atoms with van der Waals surface area (Å²) in [7, 11) is 0. The first-order chi connectivity index (χ1) is 8.97. The van der Waals surface area contributed by atoms with Crippen molar-refractivity contribution < 1.29 is 14.3 Å².